The summed E-state index contributed by atoms with van der Waals surface area (Å²) in [6.45, 7) is 0. The Kier molecular flexibility index (Phi) is 4.49. The fourth-order valence-electron chi connectivity index (χ4n) is 2.73. The topological polar surface area (TPSA) is 60.9 Å². The number of nitrogens with two attached hydrogens (primary N) is 1. The van der Waals surface area contributed by atoms with E-state index in [2.05, 4.69) is 21.0 Å². The molecule has 2 aromatic carbocycles. The molecule has 24 heavy (non-hydrogen) atoms. The Bertz CT molecular complexity index is 907. The fraction of sp³-hybridized carbons (Fsp3) is 0.111. The lowest BCUT2D eigenvalue weighted by atomic mass is 9.89. The minimum Gasteiger partial charge on any atom is -0.369 e. The van der Waals surface area contributed by atoms with Crippen molar-refractivity contribution in [3.8, 4) is 11.3 Å². The molecule has 1 amide bonds. The number of halogens is 2. The van der Waals surface area contributed by atoms with Crippen LogP contribution >= 0.6 is 15.9 Å². The summed E-state index contributed by atoms with van der Waals surface area (Å²) in [5, 5.41) is 4.41. The smallest absolute Gasteiger partial charge is 0.229 e. The average Bonchev–Trinajstić information content (AvgIpc) is 2.86. The first-order chi connectivity index (χ1) is 11.5. The number of carbonyl (C=O) groups is 1. The maximum absolute atomic E-state index is 13.5. The fourth-order valence-corrected chi connectivity index (χ4v) is 3.33. The van der Waals surface area contributed by atoms with Crippen LogP contribution in [0.25, 0.3) is 11.3 Å². The number of hydrogen-bond donors (Lipinski definition) is 1. The van der Waals surface area contributed by atoms with E-state index in [-0.39, 0.29) is 0 Å². The van der Waals surface area contributed by atoms with Crippen LogP contribution in [0.3, 0.4) is 0 Å². The Hall–Kier alpha value is -2.47. The highest BCUT2D eigenvalue weighted by Gasteiger charge is 2.21. The second kappa shape index (κ2) is 6.57. The third-order valence-corrected chi connectivity index (χ3v) is 4.32. The van der Waals surface area contributed by atoms with Crippen LogP contribution in [0.2, 0.25) is 0 Å². The van der Waals surface area contributed by atoms with Gasteiger partial charge >= 0.3 is 0 Å². The number of hydrogen-bond acceptors (Lipinski definition) is 2. The molecule has 3 rings (SSSR count). The minimum absolute atomic E-state index is 0.401. The summed E-state index contributed by atoms with van der Waals surface area (Å²) in [5.74, 6) is -1.65. The molecule has 0 aliphatic carbocycles. The lowest BCUT2D eigenvalue weighted by molar-refractivity contribution is -0.118. The van der Waals surface area contributed by atoms with Crippen LogP contribution in [-0.2, 0) is 11.8 Å². The summed E-state index contributed by atoms with van der Waals surface area (Å²) < 4.78 is 16.1. The number of amides is 1. The summed E-state index contributed by atoms with van der Waals surface area (Å²) >= 11 is 3.47. The molecule has 0 spiro atoms. The highest BCUT2D eigenvalue weighted by molar-refractivity contribution is 9.10. The molecule has 0 saturated heterocycles. The molecule has 1 atom stereocenters. The van der Waals surface area contributed by atoms with Gasteiger partial charge in [-0.05, 0) is 45.3 Å². The van der Waals surface area contributed by atoms with Crippen LogP contribution in [0.15, 0.2) is 59.2 Å². The van der Waals surface area contributed by atoms with Crippen LogP contribution < -0.4 is 5.73 Å². The van der Waals surface area contributed by atoms with Crippen molar-refractivity contribution in [1.29, 1.82) is 0 Å². The van der Waals surface area contributed by atoms with E-state index in [0.29, 0.717) is 11.1 Å². The molecule has 0 aliphatic heterocycles. The van der Waals surface area contributed by atoms with Crippen molar-refractivity contribution in [1.82, 2.24) is 9.78 Å². The van der Waals surface area contributed by atoms with Gasteiger partial charge in [0.1, 0.15) is 11.5 Å². The second-order valence-corrected chi connectivity index (χ2v) is 6.37. The van der Waals surface area contributed by atoms with Gasteiger partial charge in [0.05, 0.1) is 10.4 Å². The standard InChI is InChI=1S/C18H15BrFN3O/c1-23-10-15(19)17(22-23)13-6-2-4-11(8-13)16(18(21)24)12-5-3-7-14(20)9-12/h2-10,16H,1H3,(H2,21,24). The highest BCUT2D eigenvalue weighted by atomic mass is 79.9. The number of aromatic nitrogens is 2. The van der Waals surface area contributed by atoms with Crippen molar-refractivity contribution in [3.05, 3.63) is 76.1 Å². The molecule has 6 heteroatoms. The van der Waals surface area contributed by atoms with Crippen molar-refractivity contribution < 1.29 is 9.18 Å². The van der Waals surface area contributed by atoms with Gasteiger partial charge in [0, 0.05) is 18.8 Å². The van der Waals surface area contributed by atoms with Gasteiger partial charge in [0.2, 0.25) is 5.91 Å². The molecule has 1 unspecified atom stereocenters. The molecular formula is C18H15BrFN3O. The Morgan fingerprint density at radius 3 is 2.46 bits per heavy atom. The van der Waals surface area contributed by atoms with Crippen molar-refractivity contribution in [2.45, 2.75) is 5.92 Å². The predicted octanol–water partition coefficient (Wildman–Crippen LogP) is 3.61. The first-order valence-electron chi connectivity index (χ1n) is 7.30. The average molecular weight is 388 g/mol. The summed E-state index contributed by atoms with van der Waals surface area (Å²) in [5.41, 5.74) is 8.42. The van der Waals surface area contributed by atoms with Crippen molar-refractivity contribution in [2.75, 3.05) is 0 Å². The van der Waals surface area contributed by atoms with Gasteiger partial charge in [-0.2, -0.15) is 5.10 Å². The number of primary amides is 1. The molecule has 0 aliphatic rings. The molecule has 0 saturated carbocycles. The lowest BCUT2D eigenvalue weighted by Gasteiger charge is -2.15. The monoisotopic (exact) mass is 387 g/mol. The predicted molar refractivity (Wildman–Crippen MR) is 93.8 cm³/mol. The molecule has 0 bridgehead atoms. The third kappa shape index (κ3) is 3.23. The molecule has 3 aromatic rings. The molecule has 122 valence electrons. The van der Waals surface area contributed by atoms with Gasteiger partial charge < -0.3 is 5.73 Å². The zero-order valence-electron chi connectivity index (χ0n) is 12.9. The van der Waals surface area contributed by atoms with Crippen LogP contribution in [0.4, 0.5) is 4.39 Å². The largest absolute Gasteiger partial charge is 0.369 e. The Labute approximate surface area is 147 Å². The first-order valence-corrected chi connectivity index (χ1v) is 8.09. The Morgan fingerprint density at radius 1 is 1.21 bits per heavy atom. The van der Waals surface area contributed by atoms with Gasteiger partial charge in [-0.15, -0.1) is 0 Å². The molecular weight excluding hydrogens is 373 g/mol. The summed E-state index contributed by atoms with van der Waals surface area (Å²) in [4.78, 5) is 12.0. The number of aryl methyl sites for hydroxylation is 1. The van der Waals surface area contributed by atoms with Crippen LogP contribution in [0.5, 0.6) is 0 Å². The van der Waals surface area contributed by atoms with E-state index in [1.807, 2.05) is 31.4 Å². The summed E-state index contributed by atoms with van der Waals surface area (Å²) in [7, 11) is 1.83. The van der Waals surface area contributed by atoms with E-state index < -0.39 is 17.6 Å². The molecule has 4 nitrogen and oxygen atoms in total. The van der Waals surface area contributed by atoms with Crippen LogP contribution in [0.1, 0.15) is 17.0 Å². The second-order valence-electron chi connectivity index (χ2n) is 5.52. The lowest BCUT2D eigenvalue weighted by Crippen LogP contribution is -2.22. The Balaban J connectivity index is 2.08. The normalized spacial score (nSPS) is 12.1. The van der Waals surface area contributed by atoms with Crippen LogP contribution in [-0.4, -0.2) is 15.7 Å². The maximum atomic E-state index is 13.5. The van der Waals surface area contributed by atoms with Crippen LogP contribution in [0, 0.1) is 5.82 Å². The third-order valence-electron chi connectivity index (χ3n) is 3.74. The molecule has 1 heterocycles. The van der Waals surface area contributed by atoms with Crippen molar-refractivity contribution >= 4 is 21.8 Å². The van der Waals surface area contributed by atoms with Crippen molar-refractivity contribution in [2.24, 2.45) is 12.8 Å². The summed E-state index contributed by atoms with van der Waals surface area (Å²) in [6.07, 6.45) is 1.85. The van der Waals surface area contributed by atoms with E-state index in [0.717, 1.165) is 15.7 Å². The van der Waals surface area contributed by atoms with Crippen molar-refractivity contribution in [3.63, 3.8) is 0 Å². The van der Waals surface area contributed by atoms with Gasteiger partial charge in [-0.25, -0.2) is 4.39 Å². The number of carbonyl (C=O) groups excluding carboxylic acids is 1. The number of nitrogens with zero attached hydrogens (tertiary/aromatic N) is 2. The quantitative estimate of drug-likeness (QED) is 0.743. The van der Waals surface area contributed by atoms with E-state index in [1.54, 1.807) is 22.9 Å². The zero-order valence-corrected chi connectivity index (χ0v) is 14.5. The minimum atomic E-state index is -0.719. The number of rotatable bonds is 4. The van der Waals surface area contributed by atoms with E-state index in [4.69, 9.17) is 5.73 Å². The van der Waals surface area contributed by atoms with E-state index in [9.17, 15) is 9.18 Å². The zero-order chi connectivity index (χ0) is 17.3. The SMILES string of the molecule is Cn1cc(Br)c(-c2cccc(C(C(N)=O)c3cccc(F)c3)c2)n1. The molecule has 0 radical (unpaired) electrons. The maximum Gasteiger partial charge on any atom is 0.229 e. The van der Waals surface area contributed by atoms with E-state index in [1.165, 1.54) is 12.1 Å². The highest BCUT2D eigenvalue weighted by Crippen LogP contribution is 2.31. The molecule has 2 N–H and O–H groups in total. The Morgan fingerprint density at radius 2 is 1.88 bits per heavy atom. The van der Waals surface area contributed by atoms with Gasteiger partial charge in [-0.1, -0.05) is 30.3 Å². The van der Waals surface area contributed by atoms with E-state index >= 15 is 0 Å². The van der Waals surface area contributed by atoms with Gasteiger partial charge in [-0.3, -0.25) is 9.48 Å². The summed E-state index contributed by atoms with van der Waals surface area (Å²) in [6, 6.07) is 13.3. The number of benzene rings is 2. The van der Waals surface area contributed by atoms with Gasteiger partial charge in [0.15, 0.2) is 0 Å². The van der Waals surface area contributed by atoms with Gasteiger partial charge in [0.25, 0.3) is 0 Å². The molecule has 1 aromatic heterocycles. The molecule has 0 fully saturated rings. The first kappa shape index (κ1) is 16.4.